The van der Waals surface area contributed by atoms with Crippen LogP contribution in [-0.4, -0.2) is 20.4 Å². The number of hydrogen-bond acceptors (Lipinski definition) is 4. The Kier molecular flexibility index (Phi) is 3.06. The average molecular weight is 304 g/mol. The van der Waals surface area contributed by atoms with E-state index in [9.17, 15) is 13.2 Å². The molecule has 0 spiro atoms. The summed E-state index contributed by atoms with van der Waals surface area (Å²) in [6, 6.07) is 13.0. The topological polar surface area (TPSA) is 83.4 Å². The third-order valence-electron chi connectivity index (χ3n) is 3.17. The lowest BCUT2D eigenvalue weighted by Gasteiger charge is -2.19. The highest BCUT2D eigenvalue weighted by molar-refractivity contribution is 7.92. The number of rotatable bonds is 3. The Labute approximate surface area is 120 Å². The quantitative estimate of drug-likeness (QED) is 0.801. The third kappa shape index (κ3) is 2.31. The van der Waals surface area contributed by atoms with Gasteiger partial charge in [-0.1, -0.05) is 18.2 Å². The first-order valence-electron chi connectivity index (χ1n) is 6.15. The molecule has 3 rings (SSSR count). The molecule has 3 aromatic rings. The van der Waals surface area contributed by atoms with Gasteiger partial charge in [-0.05, 0) is 30.3 Å². The summed E-state index contributed by atoms with van der Waals surface area (Å²) in [6.07, 6.45) is 0. The predicted molar refractivity (Wildman–Crippen MR) is 78.9 cm³/mol. The largest absolute Gasteiger partial charge is 0.417 e. The number of nitrogens with zero attached hydrogens (tertiary/aromatic N) is 1. The zero-order chi connectivity index (χ0) is 15.0. The number of oxazole rings is 1. The summed E-state index contributed by atoms with van der Waals surface area (Å²) in [4.78, 5) is 13.6. The lowest BCUT2D eigenvalue weighted by molar-refractivity contribution is 0.555. The molecule has 0 atom stereocenters. The highest BCUT2D eigenvalue weighted by Crippen LogP contribution is 2.23. The molecule has 2 aromatic carbocycles. The summed E-state index contributed by atoms with van der Waals surface area (Å²) in [6.45, 7) is 0. The van der Waals surface area contributed by atoms with Gasteiger partial charge in [0.25, 0.3) is 10.0 Å². The van der Waals surface area contributed by atoms with Crippen LogP contribution in [0.1, 0.15) is 0 Å². The molecule has 108 valence electrons. The maximum absolute atomic E-state index is 12.6. The minimum Gasteiger partial charge on any atom is -0.408 e. The fourth-order valence-corrected chi connectivity index (χ4v) is 3.25. The first-order chi connectivity index (χ1) is 9.98. The van der Waals surface area contributed by atoms with E-state index in [1.807, 2.05) is 6.07 Å². The van der Waals surface area contributed by atoms with Gasteiger partial charge in [-0.3, -0.25) is 9.29 Å². The number of aromatic amines is 1. The van der Waals surface area contributed by atoms with Gasteiger partial charge in [-0.2, -0.15) is 0 Å². The Bertz CT molecular complexity index is 942. The van der Waals surface area contributed by atoms with E-state index < -0.39 is 15.8 Å². The number of aromatic nitrogens is 1. The van der Waals surface area contributed by atoms with Crippen molar-refractivity contribution in [3.63, 3.8) is 0 Å². The SMILES string of the molecule is CN(c1ccccc1)S(=O)(=O)c1ccc2oc(=O)[nH]c2c1. The van der Waals surface area contributed by atoms with E-state index in [1.54, 1.807) is 24.3 Å². The third-order valence-corrected chi connectivity index (χ3v) is 4.95. The minimum atomic E-state index is -3.70. The van der Waals surface area contributed by atoms with Gasteiger partial charge in [-0.25, -0.2) is 13.2 Å². The second kappa shape index (κ2) is 4.78. The Morgan fingerprint density at radius 1 is 1.10 bits per heavy atom. The highest BCUT2D eigenvalue weighted by Gasteiger charge is 2.22. The monoisotopic (exact) mass is 304 g/mol. The maximum atomic E-state index is 12.6. The van der Waals surface area contributed by atoms with Gasteiger partial charge in [0.2, 0.25) is 0 Å². The van der Waals surface area contributed by atoms with Gasteiger partial charge in [0.1, 0.15) is 0 Å². The second-order valence-electron chi connectivity index (χ2n) is 4.48. The molecule has 1 N–H and O–H groups in total. The molecular weight excluding hydrogens is 292 g/mol. The molecule has 0 saturated carbocycles. The van der Waals surface area contributed by atoms with Crippen LogP contribution in [0.5, 0.6) is 0 Å². The van der Waals surface area contributed by atoms with Crippen LogP contribution in [0.3, 0.4) is 0 Å². The fraction of sp³-hybridized carbons (Fsp3) is 0.0714. The van der Waals surface area contributed by atoms with E-state index in [4.69, 9.17) is 4.42 Å². The molecule has 0 aliphatic heterocycles. The smallest absolute Gasteiger partial charge is 0.408 e. The first-order valence-corrected chi connectivity index (χ1v) is 7.59. The van der Waals surface area contributed by atoms with Crippen LogP contribution in [-0.2, 0) is 10.0 Å². The van der Waals surface area contributed by atoms with Crippen LogP contribution in [0.4, 0.5) is 5.69 Å². The van der Waals surface area contributed by atoms with E-state index in [0.717, 1.165) is 0 Å². The molecule has 7 heteroatoms. The fourth-order valence-electron chi connectivity index (χ4n) is 2.03. The van der Waals surface area contributed by atoms with Crippen molar-refractivity contribution in [3.8, 4) is 0 Å². The molecule has 0 amide bonds. The number of hydrogen-bond donors (Lipinski definition) is 1. The van der Waals surface area contributed by atoms with Crippen LogP contribution in [0.25, 0.3) is 11.1 Å². The average Bonchev–Trinajstić information content (AvgIpc) is 2.86. The van der Waals surface area contributed by atoms with Gasteiger partial charge >= 0.3 is 5.76 Å². The van der Waals surface area contributed by atoms with Gasteiger partial charge in [0, 0.05) is 7.05 Å². The molecular formula is C14H12N2O4S. The number of H-pyrrole nitrogens is 1. The summed E-state index contributed by atoms with van der Waals surface area (Å²) in [5, 5.41) is 0. The van der Waals surface area contributed by atoms with E-state index in [2.05, 4.69) is 4.98 Å². The molecule has 0 saturated heterocycles. The van der Waals surface area contributed by atoms with Crippen molar-refractivity contribution in [1.82, 2.24) is 4.98 Å². The van der Waals surface area contributed by atoms with Crippen LogP contribution in [0.15, 0.2) is 62.6 Å². The van der Waals surface area contributed by atoms with E-state index >= 15 is 0 Å². The molecule has 0 fully saturated rings. The number of sulfonamides is 1. The van der Waals surface area contributed by atoms with Crippen molar-refractivity contribution < 1.29 is 12.8 Å². The lowest BCUT2D eigenvalue weighted by Crippen LogP contribution is -2.26. The molecule has 0 aliphatic carbocycles. The summed E-state index contributed by atoms with van der Waals surface area (Å²) < 4.78 is 31.2. The van der Waals surface area contributed by atoms with Gasteiger partial charge in [-0.15, -0.1) is 0 Å². The molecule has 21 heavy (non-hydrogen) atoms. The maximum Gasteiger partial charge on any atom is 0.417 e. The molecule has 6 nitrogen and oxygen atoms in total. The molecule has 0 radical (unpaired) electrons. The van der Waals surface area contributed by atoms with Crippen LogP contribution in [0.2, 0.25) is 0 Å². The highest BCUT2D eigenvalue weighted by atomic mass is 32.2. The molecule has 0 unspecified atom stereocenters. The van der Waals surface area contributed by atoms with E-state index in [0.29, 0.717) is 16.8 Å². The van der Waals surface area contributed by atoms with Crippen molar-refractivity contribution in [2.24, 2.45) is 0 Å². The molecule has 0 bridgehead atoms. The van der Waals surface area contributed by atoms with E-state index in [-0.39, 0.29) is 4.90 Å². The number of fused-ring (bicyclic) bond motifs is 1. The predicted octanol–water partition coefficient (Wildman–Crippen LogP) is 1.95. The van der Waals surface area contributed by atoms with Gasteiger partial charge < -0.3 is 4.42 Å². The summed E-state index contributed by atoms with van der Waals surface area (Å²) in [5.74, 6) is -0.615. The summed E-state index contributed by atoms with van der Waals surface area (Å²) in [5.41, 5.74) is 1.22. The van der Waals surface area contributed by atoms with Crippen molar-refractivity contribution in [2.75, 3.05) is 11.4 Å². The normalized spacial score (nSPS) is 11.7. The van der Waals surface area contributed by atoms with Crippen molar-refractivity contribution >= 4 is 26.8 Å². The first kappa shape index (κ1) is 13.4. The Morgan fingerprint density at radius 3 is 2.52 bits per heavy atom. The van der Waals surface area contributed by atoms with Crippen LogP contribution >= 0.6 is 0 Å². The van der Waals surface area contributed by atoms with Gasteiger partial charge in [0.15, 0.2) is 5.58 Å². The van der Waals surface area contributed by atoms with E-state index in [1.165, 1.54) is 29.6 Å². The Hall–Kier alpha value is -2.54. The summed E-state index contributed by atoms with van der Waals surface area (Å²) >= 11 is 0. The number of nitrogens with one attached hydrogen (secondary N) is 1. The molecule has 1 heterocycles. The van der Waals surface area contributed by atoms with Crippen LogP contribution < -0.4 is 10.1 Å². The van der Waals surface area contributed by atoms with Crippen molar-refractivity contribution in [1.29, 1.82) is 0 Å². The lowest BCUT2D eigenvalue weighted by atomic mass is 10.3. The minimum absolute atomic E-state index is 0.0819. The Balaban J connectivity index is 2.09. The Morgan fingerprint density at radius 2 is 1.81 bits per heavy atom. The van der Waals surface area contributed by atoms with Crippen LogP contribution in [0, 0.1) is 0 Å². The number of anilines is 1. The second-order valence-corrected chi connectivity index (χ2v) is 6.45. The number of para-hydroxylation sites is 1. The molecule has 0 aliphatic rings. The zero-order valence-electron chi connectivity index (χ0n) is 11.1. The van der Waals surface area contributed by atoms with Crippen molar-refractivity contribution in [2.45, 2.75) is 4.90 Å². The zero-order valence-corrected chi connectivity index (χ0v) is 11.9. The standard InChI is InChI=1S/C14H12N2O4S/c1-16(10-5-3-2-4-6-10)21(18,19)11-7-8-13-12(9-11)15-14(17)20-13/h2-9H,1H3,(H,15,17). The van der Waals surface area contributed by atoms with Gasteiger partial charge in [0.05, 0.1) is 16.1 Å². The van der Waals surface area contributed by atoms with Crippen molar-refractivity contribution in [3.05, 3.63) is 59.1 Å². The summed E-state index contributed by atoms with van der Waals surface area (Å²) in [7, 11) is -2.23. The molecule has 1 aromatic heterocycles. The number of benzene rings is 2.